The number of rotatable bonds is 5. The summed E-state index contributed by atoms with van der Waals surface area (Å²) in [5.41, 5.74) is -0.754. The number of carbonyl (C=O) groups excluding carboxylic acids is 2. The minimum atomic E-state index is -1.61. The van der Waals surface area contributed by atoms with Gasteiger partial charge < -0.3 is 10.2 Å². The number of phenols is 1. The van der Waals surface area contributed by atoms with Gasteiger partial charge in [-0.2, -0.15) is 0 Å². The van der Waals surface area contributed by atoms with Crippen molar-refractivity contribution in [3.63, 3.8) is 0 Å². The van der Waals surface area contributed by atoms with E-state index in [1.807, 2.05) is 37.3 Å². The summed E-state index contributed by atoms with van der Waals surface area (Å²) in [6.45, 7) is 1.85. The second kappa shape index (κ2) is 7.71. The number of nitrogens with one attached hydrogen (secondary N) is 1. The maximum absolute atomic E-state index is 13.8. The van der Waals surface area contributed by atoms with Gasteiger partial charge in [-0.25, -0.2) is 4.90 Å². The second-order valence-corrected chi connectivity index (χ2v) is 8.72. The number of carboxylic acids is 1. The molecule has 2 aliphatic rings. The highest BCUT2D eigenvalue weighted by Crippen LogP contribution is 2.52. The van der Waals surface area contributed by atoms with Gasteiger partial charge in [0.05, 0.1) is 17.5 Å². The van der Waals surface area contributed by atoms with Crippen molar-refractivity contribution in [3.8, 4) is 5.75 Å². The first-order valence-corrected chi connectivity index (χ1v) is 11.0. The molecule has 2 heterocycles. The van der Waals surface area contributed by atoms with Crippen molar-refractivity contribution in [3.05, 3.63) is 72.3 Å². The van der Waals surface area contributed by atoms with Crippen molar-refractivity contribution in [1.29, 1.82) is 0 Å². The molecule has 7 heteroatoms. The highest BCUT2D eigenvalue weighted by molar-refractivity contribution is 6.26. The lowest BCUT2D eigenvalue weighted by molar-refractivity contribution is -0.149. The Kier molecular flexibility index (Phi) is 4.94. The van der Waals surface area contributed by atoms with Crippen molar-refractivity contribution in [2.45, 2.75) is 31.3 Å². The number of hydrogen-bond donors (Lipinski definition) is 3. The van der Waals surface area contributed by atoms with Gasteiger partial charge in [0.25, 0.3) is 0 Å². The van der Waals surface area contributed by atoms with Crippen LogP contribution in [-0.4, -0.2) is 33.5 Å². The lowest BCUT2D eigenvalue weighted by Crippen LogP contribution is -2.55. The Morgan fingerprint density at radius 1 is 1.00 bits per heavy atom. The first kappa shape index (κ1) is 21.2. The molecule has 2 amide bonds. The summed E-state index contributed by atoms with van der Waals surface area (Å²) < 4.78 is 0. The molecule has 3 aromatic rings. The predicted molar refractivity (Wildman–Crippen MR) is 123 cm³/mol. The van der Waals surface area contributed by atoms with E-state index < -0.39 is 41.2 Å². The van der Waals surface area contributed by atoms with E-state index in [1.165, 1.54) is 6.07 Å². The Hall–Kier alpha value is -3.71. The van der Waals surface area contributed by atoms with E-state index in [1.54, 1.807) is 30.3 Å². The summed E-state index contributed by atoms with van der Waals surface area (Å²) in [4.78, 5) is 41.4. The molecule has 168 valence electrons. The molecule has 0 aliphatic carbocycles. The number of nitrogens with zero attached hydrogens (tertiary/aromatic N) is 1. The van der Waals surface area contributed by atoms with Crippen LogP contribution in [-0.2, 0) is 14.4 Å². The highest BCUT2D eigenvalue weighted by atomic mass is 16.4. The Morgan fingerprint density at radius 2 is 1.70 bits per heavy atom. The smallest absolute Gasteiger partial charge is 0.324 e. The number of amides is 2. The number of anilines is 1. The average Bonchev–Trinajstić information content (AvgIpc) is 3.28. The van der Waals surface area contributed by atoms with Gasteiger partial charge in [-0.15, -0.1) is 0 Å². The number of imide groups is 1. The molecular weight excluding hydrogens is 420 g/mol. The molecule has 0 aromatic heterocycles. The van der Waals surface area contributed by atoms with Gasteiger partial charge in [0.15, 0.2) is 0 Å². The zero-order chi connectivity index (χ0) is 23.3. The van der Waals surface area contributed by atoms with E-state index in [4.69, 9.17) is 0 Å². The van der Waals surface area contributed by atoms with Crippen LogP contribution in [0.2, 0.25) is 0 Å². The van der Waals surface area contributed by atoms with Gasteiger partial charge in [-0.3, -0.25) is 19.7 Å². The van der Waals surface area contributed by atoms with Crippen LogP contribution in [0.4, 0.5) is 5.69 Å². The maximum Gasteiger partial charge on any atom is 0.324 e. The van der Waals surface area contributed by atoms with Gasteiger partial charge in [0, 0.05) is 17.0 Å². The summed E-state index contributed by atoms with van der Waals surface area (Å²) in [6.07, 6.45) is 0.682. The number of phenolic OH excluding ortho intramolecular Hbond substituents is 1. The van der Waals surface area contributed by atoms with Crippen molar-refractivity contribution >= 4 is 34.2 Å². The highest BCUT2D eigenvalue weighted by Gasteiger charge is 2.68. The van der Waals surface area contributed by atoms with E-state index in [0.29, 0.717) is 17.7 Å². The molecular formula is C26H24N2O5. The van der Waals surface area contributed by atoms with Crippen molar-refractivity contribution in [2.24, 2.45) is 11.8 Å². The van der Waals surface area contributed by atoms with E-state index >= 15 is 0 Å². The molecule has 0 radical (unpaired) electrons. The SMILES string of the molecule is CCC[C@]1(C(=O)O)N[C@H](c2ccccc2O)[C@H]2C(=O)N(c3cccc4ccccc34)C(=O)[C@H]21. The fourth-order valence-corrected chi connectivity index (χ4v) is 5.59. The number of hydrogen-bond acceptors (Lipinski definition) is 5. The zero-order valence-electron chi connectivity index (χ0n) is 18.1. The number of carbonyl (C=O) groups is 3. The largest absolute Gasteiger partial charge is 0.508 e. The van der Waals surface area contributed by atoms with Crippen LogP contribution >= 0.6 is 0 Å². The van der Waals surface area contributed by atoms with E-state index in [2.05, 4.69) is 5.32 Å². The summed E-state index contributed by atoms with van der Waals surface area (Å²) in [7, 11) is 0. The van der Waals surface area contributed by atoms with E-state index in [-0.39, 0.29) is 12.2 Å². The molecule has 2 fully saturated rings. The third kappa shape index (κ3) is 2.96. The normalized spacial score (nSPS) is 26.7. The topological polar surface area (TPSA) is 107 Å². The Bertz CT molecular complexity index is 1280. The molecule has 0 spiro atoms. The monoisotopic (exact) mass is 444 g/mol. The van der Waals surface area contributed by atoms with Gasteiger partial charge in [-0.1, -0.05) is 67.9 Å². The van der Waals surface area contributed by atoms with Crippen LogP contribution in [0, 0.1) is 11.8 Å². The lowest BCUT2D eigenvalue weighted by atomic mass is 9.77. The van der Waals surface area contributed by atoms with Crippen LogP contribution in [0.5, 0.6) is 5.75 Å². The quantitative estimate of drug-likeness (QED) is 0.519. The van der Waals surface area contributed by atoms with Gasteiger partial charge in [-0.05, 0) is 23.9 Å². The van der Waals surface area contributed by atoms with Crippen molar-refractivity contribution < 1.29 is 24.6 Å². The molecule has 2 saturated heterocycles. The molecule has 2 aliphatic heterocycles. The van der Waals surface area contributed by atoms with Crippen LogP contribution in [0.15, 0.2) is 66.7 Å². The third-order valence-corrected chi connectivity index (χ3v) is 6.96. The van der Waals surface area contributed by atoms with Crippen LogP contribution in [0.25, 0.3) is 10.8 Å². The van der Waals surface area contributed by atoms with Crippen LogP contribution in [0.3, 0.4) is 0 Å². The van der Waals surface area contributed by atoms with Gasteiger partial charge >= 0.3 is 5.97 Å². The minimum absolute atomic E-state index is 0.0460. The number of aromatic hydroxyl groups is 1. The Balaban J connectivity index is 1.70. The van der Waals surface area contributed by atoms with Gasteiger partial charge in [0.1, 0.15) is 11.3 Å². The lowest BCUT2D eigenvalue weighted by Gasteiger charge is -2.31. The molecule has 5 rings (SSSR count). The number of benzene rings is 3. The minimum Gasteiger partial charge on any atom is -0.508 e. The van der Waals surface area contributed by atoms with E-state index in [0.717, 1.165) is 15.7 Å². The molecule has 3 N–H and O–H groups in total. The summed E-state index contributed by atoms with van der Waals surface area (Å²) in [6, 6.07) is 18.6. The molecule has 7 nitrogen and oxygen atoms in total. The maximum atomic E-state index is 13.8. The third-order valence-electron chi connectivity index (χ3n) is 6.96. The summed E-state index contributed by atoms with van der Waals surface area (Å²) in [5, 5.41) is 25.5. The number of fused-ring (bicyclic) bond motifs is 2. The molecule has 0 unspecified atom stereocenters. The first-order chi connectivity index (χ1) is 15.9. The van der Waals surface area contributed by atoms with Crippen molar-refractivity contribution in [2.75, 3.05) is 4.90 Å². The number of carboxylic acid groups (broad SMARTS) is 1. The first-order valence-electron chi connectivity index (χ1n) is 11.0. The van der Waals surface area contributed by atoms with Crippen molar-refractivity contribution in [1.82, 2.24) is 5.32 Å². The average molecular weight is 444 g/mol. The van der Waals surface area contributed by atoms with Gasteiger partial charge in [0.2, 0.25) is 11.8 Å². The van der Waals surface area contributed by atoms with E-state index in [9.17, 15) is 24.6 Å². The van der Waals surface area contributed by atoms with Crippen LogP contribution < -0.4 is 10.2 Å². The Morgan fingerprint density at radius 3 is 2.42 bits per heavy atom. The fraction of sp³-hybridized carbons (Fsp3) is 0.269. The Labute approximate surface area is 190 Å². The summed E-state index contributed by atoms with van der Waals surface area (Å²) in [5.74, 6) is -4.24. The molecule has 0 bridgehead atoms. The number of aliphatic carboxylic acids is 1. The molecule has 33 heavy (non-hydrogen) atoms. The standard InChI is InChI=1S/C26H24N2O5/c1-2-14-26(25(32)33)21-20(22(27-26)17-11-5-6-13-19(17)29)23(30)28(24(21)31)18-12-7-9-15-8-3-4-10-16(15)18/h3-13,20-22,27,29H,2,14H2,1H3,(H,32,33)/t20-,21-,22+,26-/m0/s1. The molecule has 4 atom stereocenters. The fourth-order valence-electron chi connectivity index (χ4n) is 5.59. The number of para-hydroxylation sites is 1. The molecule has 3 aromatic carbocycles. The van der Waals surface area contributed by atoms with Crippen LogP contribution in [0.1, 0.15) is 31.4 Å². The molecule has 0 saturated carbocycles. The summed E-state index contributed by atoms with van der Waals surface area (Å²) >= 11 is 0. The predicted octanol–water partition coefficient (Wildman–Crippen LogP) is 3.62. The second-order valence-electron chi connectivity index (χ2n) is 8.72. The zero-order valence-corrected chi connectivity index (χ0v) is 18.1.